The van der Waals surface area contributed by atoms with E-state index in [2.05, 4.69) is 10.3 Å². The Hall–Kier alpha value is -1.79. The second-order valence-corrected chi connectivity index (χ2v) is 6.01. The summed E-state index contributed by atoms with van der Waals surface area (Å²) in [7, 11) is 0. The molecule has 1 aromatic carbocycles. The molecule has 0 fully saturated rings. The fourth-order valence-electron chi connectivity index (χ4n) is 1.83. The van der Waals surface area contributed by atoms with Gasteiger partial charge in [0.25, 0.3) is 5.91 Å². The number of carbonyl (C=O) groups excluding carboxylic acids is 1. The average molecular weight is 304 g/mol. The summed E-state index contributed by atoms with van der Waals surface area (Å²) in [5.74, 6) is 0.979. The van der Waals surface area contributed by atoms with Crippen molar-refractivity contribution in [3.8, 4) is 0 Å². The molecule has 1 aromatic heterocycles. The number of nitrogens with one attached hydrogen (secondary N) is 1. The van der Waals surface area contributed by atoms with Gasteiger partial charge in [0.1, 0.15) is 0 Å². The van der Waals surface area contributed by atoms with Crippen molar-refractivity contribution in [2.75, 3.05) is 17.7 Å². The van der Waals surface area contributed by atoms with Gasteiger partial charge in [-0.25, -0.2) is 4.98 Å². The number of benzene rings is 1. The summed E-state index contributed by atoms with van der Waals surface area (Å²) in [6, 6.07) is 9.82. The van der Waals surface area contributed by atoms with Crippen LogP contribution in [0.1, 0.15) is 5.56 Å². The zero-order valence-electron chi connectivity index (χ0n) is 10.5. The lowest BCUT2D eigenvalue weighted by Gasteiger charge is -2.20. The molecule has 20 heavy (non-hydrogen) atoms. The van der Waals surface area contributed by atoms with Crippen molar-refractivity contribution in [2.24, 2.45) is 0 Å². The van der Waals surface area contributed by atoms with Crippen LogP contribution in [0.3, 0.4) is 0 Å². The molecule has 1 amide bonds. The van der Waals surface area contributed by atoms with Gasteiger partial charge in [-0.2, -0.15) is 0 Å². The molecular weight excluding hydrogens is 292 g/mol. The van der Waals surface area contributed by atoms with Gasteiger partial charge in [0.2, 0.25) is 0 Å². The lowest BCUT2D eigenvalue weighted by Crippen LogP contribution is -2.20. The Morgan fingerprint density at radius 1 is 1.30 bits per heavy atom. The highest BCUT2D eigenvalue weighted by Gasteiger charge is 2.23. The van der Waals surface area contributed by atoms with Crippen LogP contribution in [-0.4, -0.2) is 23.3 Å². The molecule has 0 atom stereocenters. The highest BCUT2D eigenvalue weighted by atomic mass is 32.2. The van der Waals surface area contributed by atoms with Crippen LogP contribution < -0.4 is 5.32 Å². The number of ether oxygens (including phenoxy) is 1. The molecule has 2 aromatic rings. The molecule has 1 aliphatic heterocycles. The molecule has 0 spiro atoms. The minimum Gasteiger partial charge on any atom is -0.486 e. The van der Waals surface area contributed by atoms with Crippen LogP contribution in [-0.2, 0) is 9.53 Å². The van der Waals surface area contributed by atoms with Crippen LogP contribution >= 0.6 is 23.1 Å². The van der Waals surface area contributed by atoms with Gasteiger partial charge in [0.15, 0.2) is 10.9 Å². The maximum Gasteiger partial charge on any atom is 0.293 e. The first kappa shape index (κ1) is 13.2. The predicted octanol–water partition coefficient (Wildman–Crippen LogP) is 3.21. The molecule has 0 saturated heterocycles. The molecule has 1 aliphatic rings. The zero-order valence-corrected chi connectivity index (χ0v) is 12.2. The highest BCUT2D eigenvalue weighted by molar-refractivity contribution is 8.08. The molecule has 3 rings (SSSR count). The summed E-state index contributed by atoms with van der Waals surface area (Å²) < 4.78 is 5.58. The number of hydrogen-bond acceptors (Lipinski definition) is 5. The van der Waals surface area contributed by atoms with Crippen molar-refractivity contribution in [1.82, 2.24) is 4.98 Å². The second-order valence-electron chi connectivity index (χ2n) is 4.01. The van der Waals surface area contributed by atoms with Gasteiger partial charge in [-0.1, -0.05) is 30.3 Å². The van der Waals surface area contributed by atoms with Gasteiger partial charge in [-0.15, -0.1) is 23.1 Å². The Balaban J connectivity index is 1.91. The SMILES string of the molecule is O=C(Nc1nccs1)C1=C(c2ccccc2)SCCO1. The smallest absolute Gasteiger partial charge is 0.293 e. The number of carbonyl (C=O) groups is 1. The van der Waals surface area contributed by atoms with Crippen molar-refractivity contribution in [3.05, 3.63) is 53.2 Å². The van der Waals surface area contributed by atoms with E-state index in [0.717, 1.165) is 16.2 Å². The Morgan fingerprint density at radius 2 is 2.15 bits per heavy atom. The number of nitrogens with zero attached hydrogens (tertiary/aromatic N) is 1. The molecule has 0 bridgehead atoms. The molecule has 0 saturated carbocycles. The molecule has 102 valence electrons. The number of anilines is 1. The maximum atomic E-state index is 12.3. The lowest BCUT2D eigenvalue weighted by atomic mass is 10.2. The van der Waals surface area contributed by atoms with Crippen molar-refractivity contribution in [1.29, 1.82) is 0 Å². The van der Waals surface area contributed by atoms with Gasteiger partial charge < -0.3 is 4.74 Å². The van der Waals surface area contributed by atoms with E-state index in [9.17, 15) is 4.79 Å². The zero-order chi connectivity index (χ0) is 13.8. The largest absolute Gasteiger partial charge is 0.486 e. The number of amides is 1. The van der Waals surface area contributed by atoms with E-state index in [-0.39, 0.29) is 5.91 Å². The molecular formula is C14H12N2O2S2. The Labute approximate surface area is 124 Å². The minimum atomic E-state index is -0.244. The van der Waals surface area contributed by atoms with Crippen molar-refractivity contribution in [3.63, 3.8) is 0 Å². The minimum absolute atomic E-state index is 0.244. The molecule has 0 aliphatic carbocycles. The molecule has 4 nitrogen and oxygen atoms in total. The number of thiazole rings is 1. The van der Waals surface area contributed by atoms with Gasteiger partial charge in [-0.3, -0.25) is 10.1 Å². The monoisotopic (exact) mass is 304 g/mol. The fourth-order valence-corrected chi connectivity index (χ4v) is 3.31. The van der Waals surface area contributed by atoms with Crippen LogP contribution in [0, 0.1) is 0 Å². The van der Waals surface area contributed by atoms with Gasteiger partial charge in [-0.05, 0) is 5.56 Å². The van der Waals surface area contributed by atoms with Crippen molar-refractivity contribution < 1.29 is 9.53 Å². The van der Waals surface area contributed by atoms with E-state index < -0.39 is 0 Å². The van der Waals surface area contributed by atoms with Crippen LogP contribution in [0.5, 0.6) is 0 Å². The normalized spacial score (nSPS) is 14.8. The molecule has 0 unspecified atom stereocenters. The first-order valence-corrected chi connectivity index (χ1v) is 7.97. The predicted molar refractivity (Wildman–Crippen MR) is 82.5 cm³/mol. The van der Waals surface area contributed by atoms with Crippen molar-refractivity contribution >= 4 is 39.0 Å². The Kier molecular flexibility index (Phi) is 4.03. The van der Waals surface area contributed by atoms with E-state index in [1.807, 2.05) is 35.7 Å². The van der Waals surface area contributed by atoms with E-state index in [1.54, 1.807) is 18.0 Å². The summed E-state index contributed by atoms with van der Waals surface area (Å²) >= 11 is 3.03. The lowest BCUT2D eigenvalue weighted by molar-refractivity contribution is -0.115. The summed E-state index contributed by atoms with van der Waals surface area (Å²) in [5, 5.41) is 5.16. The Morgan fingerprint density at radius 3 is 2.90 bits per heavy atom. The maximum absolute atomic E-state index is 12.3. The number of thioether (sulfide) groups is 1. The third-order valence-corrected chi connectivity index (χ3v) is 4.45. The molecule has 0 radical (unpaired) electrons. The molecule has 2 heterocycles. The van der Waals surface area contributed by atoms with Crippen molar-refractivity contribution in [2.45, 2.75) is 0 Å². The average Bonchev–Trinajstić information content (AvgIpc) is 3.01. The topological polar surface area (TPSA) is 51.2 Å². The molecule has 1 N–H and O–H groups in total. The van der Waals surface area contributed by atoms with Crippen LogP contribution in [0.4, 0.5) is 5.13 Å². The Bertz CT molecular complexity index is 624. The van der Waals surface area contributed by atoms with Crippen LogP contribution in [0.25, 0.3) is 4.91 Å². The van der Waals surface area contributed by atoms with Crippen LogP contribution in [0.2, 0.25) is 0 Å². The standard InChI is InChI=1S/C14H12N2O2S2/c17-13(16-14-15-6-8-20-14)11-12(19-9-7-18-11)10-4-2-1-3-5-10/h1-6,8H,7,9H2,(H,15,16,17). The van der Waals surface area contributed by atoms with Gasteiger partial charge >= 0.3 is 0 Å². The van der Waals surface area contributed by atoms with E-state index in [1.165, 1.54) is 11.3 Å². The van der Waals surface area contributed by atoms with E-state index in [0.29, 0.717) is 17.5 Å². The number of aromatic nitrogens is 1. The third kappa shape index (κ3) is 2.86. The third-order valence-electron chi connectivity index (χ3n) is 2.68. The second kappa shape index (κ2) is 6.11. The first-order valence-electron chi connectivity index (χ1n) is 6.11. The number of rotatable bonds is 3. The van der Waals surface area contributed by atoms with Crippen LogP contribution in [0.15, 0.2) is 47.7 Å². The van der Waals surface area contributed by atoms with Gasteiger partial charge in [0, 0.05) is 17.3 Å². The fraction of sp³-hybridized carbons (Fsp3) is 0.143. The summed E-state index contributed by atoms with van der Waals surface area (Å²) in [5.41, 5.74) is 1.00. The summed E-state index contributed by atoms with van der Waals surface area (Å²) in [4.78, 5) is 17.2. The number of hydrogen-bond donors (Lipinski definition) is 1. The molecule has 6 heteroatoms. The quantitative estimate of drug-likeness (QED) is 0.946. The van der Waals surface area contributed by atoms with Gasteiger partial charge in [0.05, 0.1) is 11.5 Å². The summed E-state index contributed by atoms with van der Waals surface area (Å²) in [6.45, 7) is 0.543. The van der Waals surface area contributed by atoms with E-state index >= 15 is 0 Å². The first-order chi connectivity index (χ1) is 9.84. The highest BCUT2D eigenvalue weighted by Crippen LogP contribution is 2.35. The van der Waals surface area contributed by atoms with E-state index in [4.69, 9.17) is 4.74 Å². The summed E-state index contributed by atoms with van der Waals surface area (Å²) in [6.07, 6.45) is 1.66.